The first kappa shape index (κ1) is 15.9. The van der Waals surface area contributed by atoms with Crippen LogP contribution in [0.2, 0.25) is 0 Å². The van der Waals surface area contributed by atoms with Gasteiger partial charge < -0.3 is 19.9 Å². The van der Waals surface area contributed by atoms with Crippen molar-refractivity contribution in [2.45, 2.75) is 6.54 Å². The number of benzene rings is 1. The number of hydrogen-bond acceptors (Lipinski definition) is 4. The van der Waals surface area contributed by atoms with Crippen LogP contribution in [0.1, 0.15) is 5.69 Å². The standard InChI is InChI=1S/C18H26N4O/c1-23-18-7-3-2-6-17(18)22-13-11-21(12-14-22)10-9-19-15-16-5-4-8-20-16/h2-8,19-20H,9-15H2,1H3. The largest absolute Gasteiger partial charge is 0.495 e. The second-order valence-corrected chi connectivity index (χ2v) is 5.87. The van der Waals surface area contributed by atoms with Crippen molar-refractivity contribution in [3.8, 4) is 5.75 Å². The number of rotatable bonds is 7. The molecule has 3 rings (SSSR count). The molecule has 0 unspecified atom stereocenters. The lowest BCUT2D eigenvalue weighted by atomic mass is 10.2. The van der Waals surface area contributed by atoms with Gasteiger partial charge in [0.25, 0.3) is 0 Å². The van der Waals surface area contributed by atoms with Crippen LogP contribution in [0.15, 0.2) is 42.6 Å². The number of piperazine rings is 1. The molecular formula is C18H26N4O. The summed E-state index contributed by atoms with van der Waals surface area (Å²) in [5, 5.41) is 3.49. The van der Waals surface area contributed by atoms with E-state index in [1.165, 1.54) is 11.4 Å². The highest BCUT2D eigenvalue weighted by atomic mass is 16.5. The number of ether oxygens (including phenoxy) is 1. The molecule has 124 valence electrons. The van der Waals surface area contributed by atoms with E-state index in [0.717, 1.165) is 51.6 Å². The summed E-state index contributed by atoms with van der Waals surface area (Å²) in [5.74, 6) is 0.966. The molecule has 1 aromatic carbocycles. The fourth-order valence-corrected chi connectivity index (χ4v) is 3.04. The van der Waals surface area contributed by atoms with Crippen molar-refractivity contribution >= 4 is 5.69 Å². The Balaban J connectivity index is 1.40. The van der Waals surface area contributed by atoms with Gasteiger partial charge in [0.15, 0.2) is 0 Å². The molecule has 2 aromatic rings. The van der Waals surface area contributed by atoms with Gasteiger partial charge in [0, 0.05) is 57.7 Å². The molecular weight excluding hydrogens is 288 g/mol. The second-order valence-electron chi connectivity index (χ2n) is 5.87. The van der Waals surface area contributed by atoms with E-state index < -0.39 is 0 Å². The van der Waals surface area contributed by atoms with Gasteiger partial charge in [-0.2, -0.15) is 0 Å². The number of aromatic nitrogens is 1. The summed E-state index contributed by atoms with van der Waals surface area (Å²) in [4.78, 5) is 8.16. The van der Waals surface area contributed by atoms with Crippen molar-refractivity contribution in [2.24, 2.45) is 0 Å². The summed E-state index contributed by atoms with van der Waals surface area (Å²) in [6, 6.07) is 12.4. The average Bonchev–Trinajstić information content (AvgIpc) is 3.13. The molecule has 0 saturated carbocycles. The predicted molar refractivity (Wildman–Crippen MR) is 94.1 cm³/mol. The smallest absolute Gasteiger partial charge is 0.142 e. The van der Waals surface area contributed by atoms with Gasteiger partial charge in [0.1, 0.15) is 5.75 Å². The first-order valence-corrected chi connectivity index (χ1v) is 8.30. The van der Waals surface area contributed by atoms with Gasteiger partial charge in [-0.3, -0.25) is 4.90 Å². The molecule has 1 aliphatic heterocycles. The van der Waals surface area contributed by atoms with E-state index in [9.17, 15) is 0 Å². The van der Waals surface area contributed by atoms with Crippen LogP contribution in [0.4, 0.5) is 5.69 Å². The van der Waals surface area contributed by atoms with Crippen LogP contribution >= 0.6 is 0 Å². The van der Waals surface area contributed by atoms with Crippen LogP contribution in [-0.4, -0.2) is 56.3 Å². The summed E-state index contributed by atoms with van der Waals surface area (Å²) in [5.41, 5.74) is 2.45. The Morgan fingerprint density at radius 3 is 2.65 bits per heavy atom. The molecule has 2 N–H and O–H groups in total. The molecule has 1 aromatic heterocycles. The SMILES string of the molecule is COc1ccccc1N1CCN(CCNCc2ccc[nH]2)CC1. The van der Waals surface area contributed by atoms with Crippen LogP contribution in [-0.2, 0) is 6.54 Å². The minimum absolute atomic E-state index is 0.911. The molecule has 0 bridgehead atoms. The monoisotopic (exact) mass is 314 g/mol. The van der Waals surface area contributed by atoms with Crippen LogP contribution in [0.3, 0.4) is 0 Å². The lowest BCUT2D eigenvalue weighted by Gasteiger charge is -2.36. The minimum Gasteiger partial charge on any atom is -0.495 e. The van der Waals surface area contributed by atoms with E-state index in [2.05, 4.69) is 38.3 Å². The Morgan fingerprint density at radius 2 is 1.91 bits per heavy atom. The van der Waals surface area contributed by atoms with Crippen molar-refractivity contribution in [1.82, 2.24) is 15.2 Å². The fourth-order valence-electron chi connectivity index (χ4n) is 3.04. The zero-order valence-electron chi connectivity index (χ0n) is 13.8. The summed E-state index contributed by atoms with van der Waals surface area (Å²) in [6.45, 7) is 7.33. The quantitative estimate of drug-likeness (QED) is 0.767. The highest BCUT2D eigenvalue weighted by Gasteiger charge is 2.18. The summed E-state index contributed by atoms with van der Waals surface area (Å²) < 4.78 is 5.47. The van der Waals surface area contributed by atoms with Gasteiger partial charge in [-0.15, -0.1) is 0 Å². The van der Waals surface area contributed by atoms with Crippen molar-refractivity contribution in [2.75, 3.05) is 51.3 Å². The third-order valence-corrected chi connectivity index (χ3v) is 4.38. The molecule has 23 heavy (non-hydrogen) atoms. The summed E-state index contributed by atoms with van der Waals surface area (Å²) >= 11 is 0. The maximum Gasteiger partial charge on any atom is 0.142 e. The topological polar surface area (TPSA) is 43.5 Å². The number of nitrogens with one attached hydrogen (secondary N) is 2. The van der Waals surface area contributed by atoms with Crippen LogP contribution < -0.4 is 15.0 Å². The Kier molecular flexibility index (Phi) is 5.56. The van der Waals surface area contributed by atoms with E-state index in [1.54, 1.807) is 7.11 Å². The van der Waals surface area contributed by atoms with Crippen molar-refractivity contribution in [3.05, 3.63) is 48.3 Å². The molecule has 0 amide bonds. The Bertz CT molecular complexity index is 576. The Morgan fingerprint density at radius 1 is 1.09 bits per heavy atom. The number of H-pyrrole nitrogens is 1. The lowest BCUT2D eigenvalue weighted by molar-refractivity contribution is 0.256. The normalized spacial score (nSPS) is 15.8. The number of para-hydroxylation sites is 2. The first-order chi connectivity index (χ1) is 11.4. The van der Waals surface area contributed by atoms with E-state index in [0.29, 0.717) is 0 Å². The van der Waals surface area contributed by atoms with Gasteiger partial charge in [0.2, 0.25) is 0 Å². The minimum atomic E-state index is 0.911. The summed E-state index contributed by atoms with van der Waals surface area (Å²) in [7, 11) is 1.74. The van der Waals surface area contributed by atoms with Gasteiger partial charge in [-0.05, 0) is 24.3 Å². The van der Waals surface area contributed by atoms with Crippen LogP contribution in [0.5, 0.6) is 5.75 Å². The van der Waals surface area contributed by atoms with E-state index in [4.69, 9.17) is 4.74 Å². The number of hydrogen-bond donors (Lipinski definition) is 2. The van der Waals surface area contributed by atoms with Crippen molar-refractivity contribution in [1.29, 1.82) is 0 Å². The van der Waals surface area contributed by atoms with Crippen molar-refractivity contribution < 1.29 is 4.74 Å². The number of aromatic amines is 1. The Hall–Kier alpha value is -1.98. The van der Waals surface area contributed by atoms with E-state index >= 15 is 0 Å². The fraction of sp³-hybridized carbons (Fsp3) is 0.444. The third-order valence-electron chi connectivity index (χ3n) is 4.38. The van der Waals surface area contributed by atoms with Gasteiger partial charge in [-0.25, -0.2) is 0 Å². The molecule has 5 nitrogen and oxygen atoms in total. The molecule has 1 fully saturated rings. The number of methoxy groups -OCH3 is 1. The molecule has 0 atom stereocenters. The molecule has 2 heterocycles. The molecule has 5 heteroatoms. The summed E-state index contributed by atoms with van der Waals surface area (Å²) in [6.07, 6.45) is 1.97. The zero-order chi connectivity index (χ0) is 15.9. The van der Waals surface area contributed by atoms with Crippen LogP contribution in [0.25, 0.3) is 0 Å². The number of anilines is 1. The van der Waals surface area contributed by atoms with Crippen LogP contribution in [0, 0.1) is 0 Å². The highest BCUT2D eigenvalue weighted by Crippen LogP contribution is 2.28. The first-order valence-electron chi connectivity index (χ1n) is 8.30. The van der Waals surface area contributed by atoms with Crippen molar-refractivity contribution in [3.63, 3.8) is 0 Å². The zero-order valence-corrected chi connectivity index (χ0v) is 13.8. The lowest BCUT2D eigenvalue weighted by Crippen LogP contribution is -2.48. The van der Waals surface area contributed by atoms with Gasteiger partial charge in [0.05, 0.1) is 12.8 Å². The molecule has 1 saturated heterocycles. The molecule has 0 radical (unpaired) electrons. The predicted octanol–water partition coefficient (Wildman–Crippen LogP) is 1.94. The third kappa shape index (κ3) is 4.27. The van der Waals surface area contributed by atoms with E-state index in [1.807, 2.05) is 24.4 Å². The maximum atomic E-state index is 5.47. The highest BCUT2D eigenvalue weighted by molar-refractivity contribution is 5.58. The van der Waals surface area contributed by atoms with Gasteiger partial charge >= 0.3 is 0 Å². The molecule has 0 aliphatic carbocycles. The second kappa shape index (κ2) is 8.04. The molecule has 0 spiro atoms. The maximum absolute atomic E-state index is 5.47. The van der Waals surface area contributed by atoms with Gasteiger partial charge in [-0.1, -0.05) is 12.1 Å². The molecule has 1 aliphatic rings. The van der Waals surface area contributed by atoms with E-state index in [-0.39, 0.29) is 0 Å². The Labute approximate surface area is 138 Å². The average molecular weight is 314 g/mol. The number of nitrogens with zero attached hydrogens (tertiary/aromatic N) is 2.